The highest BCUT2D eigenvalue weighted by Gasteiger charge is 2.21. The van der Waals surface area contributed by atoms with E-state index >= 15 is 0 Å². The van der Waals surface area contributed by atoms with Crippen LogP contribution < -0.4 is 10.5 Å². The number of nitrogens with zero attached hydrogens (tertiary/aromatic N) is 1. The molecule has 1 aromatic carbocycles. The molecule has 0 spiro atoms. The van der Waals surface area contributed by atoms with Gasteiger partial charge in [0.1, 0.15) is 4.90 Å². The maximum atomic E-state index is 12.4. The van der Waals surface area contributed by atoms with Gasteiger partial charge in [-0.25, -0.2) is 13.1 Å². The number of hydrogen-bond acceptors (Lipinski definition) is 4. The number of sulfonamides is 1. The van der Waals surface area contributed by atoms with Crippen molar-refractivity contribution in [3.05, 3.63) is 46.7 Å². The summed E-state index contributed by atoms with van der Waals surface area (Å²) in [5, 5.41) is 6.59. The molecule has 0 fully saturated rings. The van der Waals surface area contributed by atoms with Crippen LogP contribution in [0.5, 0.6) is 0 Å². The first kappa shape index (κ1) is 15.0. The van der Waals surface area contributed by atoms with E-state index in [1.807, 2.05) is 0 Å². The summed E-state index contributed by atoms with van der Waals surface area (Å²) in [6.45, 7) is 1.97. The summed E-state index contributed by atoms with van der Waals surface area (Å²) in [5.74, 6) is 0. The van der Waals surface area contributed by atoms with Gasteiger partial charge in [-0.15, -0.1) is 0 Å². The summed E-state index contributed by atoms with van der Waals surface area (Å²) in [4.78, 5) is 0.0254. The molecule has 0 saturated carbocycles. The third-order valence-electron chi connectivity index (χ3n) is 2.87. The number of halogens is 1. The molecule has 1 atom stereocenters. The molecule has 0 bridgehead atoms. The molecule has 6 nitrogen and oxygen atoms in total. The first-order valence-electron chi connectivity index (χ1n) is 5.93. The number of hydrogen-bond donors (Lipinski definition) is 3. The Morgan fingerprint density at radius 2 is 2.25 bits per heavy atom. The molecule has 0 aliphatic heterocycles. The molecule has 2 aromatic rings. The fraction of sp³-hybridized carbons (Fsp3) is 0.250. The summed E-state index contributed by atoms with van der Waals surface area (Å²) in [7, 11) is -3.73. The van der Waals surface area contributed by atoms with Gasteiger partial charge in [-0.3, -0.25) is 5.10 Å². The number of benzene rings is 1. The van der Waals surface area contributed by atoms with Crippen LogP contribution >= 0.6 is 11.6 Å². The third-order valence-corrected chi connectivity index (χ3v) is 4.89. The molecule has 0 amide bonds. The second-order valence-corrected chi connectivity index (χ2v) is 6.43. The zero-order chi connectivity index (χ0) is 14.8. The van der Waals surface area contributed by atoms with Crippen molar-refractivity contribution < 1.29 is 8.42 Å². The van der Waals surface area contributed by atoms with E-state index in [-0.39, 0.29) is 16.5 Å². The van der Waals surface area contributed by atoms with E-state index in [9.17, 15) is 8.42 Å². The van der Waals surface area contributed by atoms with Crippen molar-refractivity contribution in [2.45, 2.75) is 24.4 Å². The summed E-state index contributed by atoms with van der Waals surface area (Å²) in [5.41, 5.74) is 6.96. The molecule has 1 unspecified atom stereocenters. The molecule has 0 radical (unpaired) electrons. The van der Waals surface area contributed by atoms with Crippen molar-refractivity contribution in [1.29, 1.82) is 0 Å². The largest absolute Gasteiger partial charge is 0.326 e. The van der Waals surface area contributed by atoms with Gasteiger partial charge in [-0.05, 0) is 24.6 Å². The Labute approximate surface area is 122 Å². The van der Waals surface area contributed by atoms with E-state index in [0.29, 0.717) is 5.56 Å². The highest BCUT2D eigenvalue weighted by Crippen LogP contribution is 2.24. The average Bonchev–Trinajstić information content (AvgIpc) is 2.92. The quantitative estimate of drug-likeness (QED) is 0.779. The van der Waals surface area contributed by atoms with Crippen molar-refractivity contribution in [2.75, 3.05) is 0 Å². The van der Waals surface area contributed by atoms with Crippen LogP contribution in [-0.4, -0.2) is 18.6 Å². The van der Waals surface area contributed by atoms with Crippen LogP contribution in [0.3, 0.4) is 0 Å². The Kier molecular flexibility index (Phi) is 4.44. The Bertz CT molecular complexity index is 685. The Morgan fingerprint density at radius 1 is 1.50 bits per heavy atom. The first-order chi connectivity index (χ1) is 9.44. The number of rotatable bonds is 5. The maximum Gasteiger partial charge on any atom is 0.242 e. The van der Waals surface area contributed by atoms with Gasteiger partial charge in [0.25, 0.3) is 0 Å². The van der Waals surface area contributed by atoms with E-state index < -0.39 is 16.1 Å². The van der Waals surface area contributed by atoms with Gasteiger partial charge >= 0.3 is 0 Å². The predicted octanol–water partition coefficient (Wildman–Crippen LogP) is 1.56. The SMILES string of the molecule is CC(NS(=O)(=O)c1cc(CN)ccc1Cl)c1cn[nH]c1. The second-order valence-electron chi connectivity index (χ2n) is 4.34. The standard InChI is InChI=1S/C12H15ClN4O2S/c1-8(10-6-15-16-7-10)17-20(18,19)12-4-9(5-14)2-3-11(12)13/h2-4,6-8,17H,5,14H2,1H3,(H,15,16). The molecular formula is C12H15ClN4O2S. The van der Waals surface area contributed by atoms with E-state index in [1.54, 1.807) is 25.4 Å². The molecule has 20 heavy (non-hydrogen) atoms. The van der Waals surface area contributed by atoms with Crippen molar-refractivity contribution in [1.82, 2.24) is 14.9 Å². The molecule has 4 N–H and O–H groups in total. The highest BCUT2D eigenvalue weighted by molar-refractivity contribution is 7.89. The molecule has 0 aliphatic carbocycles. The van der Waals surface area contributed by atoms with Crippen LogP contribution in [0, 0.1) is 0 Å². The fourth-order valence-electron chi connectivity index (χ4n) is 1.74. The second kappa shape index (κ2) is 5.92. The zero-order valence-corrected chi connectivity index (χ0v) is 12.4. The van der Waals surface area contributed by atoms with Crippen molar-refractivity contribution >= 4 is 21.6 Å². The summed E-state index contributed by atoms with van der Waals surface area (Å²) in [6, 6.07) is 4.28. The lowest BCUT2D eigenvalue weighted by atomic mass is 10.2. The maximum absolute atomic E-state index is 12.4. The van der Waals surface area contributed by atoms with Crippen LogP contribution in [0.1, 0.15) is 24.1 Å². The van der Waals surface area contributed by atoms with Gasteiger partial charge in [0.2, 0.25) is 10.0 Å². The smallest absolute Gasteiger partial charge is 0.242 e. The topological polar surface area (TPSA) is 101 Å². The molecular weight excluding hydrogens is 300 g/mol. The normalized spacial score (nSPS) is 13.3. The van der Waals surface area contributed by atoms with E-state index in [2.05, 4.69) is 14.9 Å². The molecule has 1 aromatic heterocycles. The molecule has 108 valence electrons. The molecule has 8 heteroatoms. The third kappa shape index (κ3) is 3.18. The van der Waals surface area contributed by atoms with Crippen LogP contribution in [-0.2, 0) is 16.6 Å². The lowest BCUT2D eigenvalue weighted by Gasteiger charge is -2.14. The number of aromatic nitrogens is 2. The Balaban J connectivity index is 2.31. The van der Waals surface area contributed by atoms with Gasteiger partial charge in [-0.1, -0.05) is 17.7 Å². The van der Waals surface area contributed by atoms with Crippen LogP contribution in [0.4, 0.5) is 0 Å². The van der Waals surface area contributed by atoms with Crippen molar-refractivity contribution in [3.63, 3.8) is 0 Å². The minimum Gasteiger partial charge on any atom is -0.326 e. The number of nitrogens with one attached hydrogen (secondary N) is 2. The predicted molar refractivity (Wildman–Crippen MR) is 76.7 cm³/mol. The average molecular weight is 315 g/mol. The lowest BCUT2D eigenvalue weighted by Crippen LogP contribution is -2.27. The minimum absolute atomic E-state index is 0.0254. The summed E-state index contributed by atoms with van der Waals surface area (Å²) >= 11 is 5.97. The molecule has 1 heterocycles. The van der Waals surface area contributed by atoms with Crippen LogP contribution in [0.15, 0.2) is 35.5 Å². The Hall–Kier alpha value is -1.41. The zero-order valence-electron chi connectivity index (χ0n) is 10.8. The van der Waals surface area contributed by atoms with Gasteiger partial charge in [-0.2, -0.15) is 5.10 Å². The lowest BCUT2D eigenvalue weighted by molar-refractivity contribution is 0.567. The fourth-order valence-corrected chi connectivity index (χ4v) is 3.52. The minimum atomic E-state index is -3.73. The van der Waals surface area contributed by atoms with E-state index in [1.165, 1.54) is 12.1 Å². The van der Waals surface area contributed by atoms with Crippen molar-refractivity contribution in [3.8, 4) is 0 Å². The summed E-state index contributed by atoms with van der Waals surface area (Å²) in [6.07, 6.45) is 3.19. The number of H-pyrrole nitrogens is 1. The summed E-state index contributed by atoms with van der Waals surface area (Å²) < 4.78 is 27.3. The van der Waals surface area contributed by atoms with Gasteiger partial charge in [0.15, 0.2) is 0 Å². The molecule has 0 aliphatic rings. The van der Waals surface area contributed by atoms with Gasteiger partial charge in [0.05, 0.1) is 11.2 Å². The monoisotopic (exact) mass is 314 g/mol. The highest BCUT2D eigenvalue weighted by atomic mass is 35.5. The van der Waals surface area contributed by atoms with E-state index in [0.717, 1.165) is 5.56 Å². The molecule has 2 rings (SSSR count). The number of aromatic amines is 1. The van der Waals surface area contributed by atoms with Gasteiger partial charge < -0.3 is 5.73 Å². The number of nitrogens with two attached hydrogens (primary N) is 1. The van der Waals surface area contributed by atoms with Crippen molar-refractivity contribution in [2.24, 2.45) is 5.73 Å². The van der Waals surface area contributed by atoms with Gasteiger partial charge in [0, 0.05) is 24.3 Å². The molecule has 0 saturated heterocycles. The Morgan fingerprint density at radius 3 is 2.85 bits per heavy atom. The van der Waals surface area contributed by atoms with Crippen LogP contribution in [0.25, 0.3) is 0 Å². The van der Waals surface area contributed by atoms with Crippen LogP contribution in [0.2, 0.25) is 5.02 Å². The van der Waals surface area contributed by atoms with E-state index in [4.69, 9.17) is 17.3 Å². The first-order valence-corrected chi connectivity index (χ1v) is 7.79.